The molecule has 1 aromatic carbocycles. The van der Waals surface area contributed by atoms with Crippen LogP contribution in [0.3, 0.4) is 0 Å². The third-order valence-corrected chi connectivity index (χ3v) is 13.9. The molecule has 0 amide bonds. The Kier molecular flexibility index (Phi) is 5.47. The van der Waals surface area contributed by atoms with Crippen LogP contribution in [0.2, 0.25) is 0 Å². The minimum absolute atomic E-state index is 0.123. The third-order valence-electron chi connectivity index (χ3n) is 13.9. The van der Waals surface area contributed by atoms with Gasteiger partial charge >= 0.3 is 0 Å². The number of rotatable bonds is 2. The van der Waals surface area contributed by atoms with Crippen molar-refractivity contribution >= 4 is 5.57 Å². The van der Waals surface area contributed by atoms with Crippen molar-refractivity contribution in [2.24, 2.45) is 50.7 Å². The Hall–Kier alpha value is -1.28. The van der Waals surface area contributed by atoms with E-state index in [4.69, 9.17) is 0 Å². The second-order valence-electron chi connectivity index (χ2n) is 15.2. The average Bonchev–Trinajstić information content (AvgIpc) is 3.25. The largest absolute Gasteiger partial charge is 0.508 e. The Bertz CT molecular complexity index is 1080. The van der Waals surface area contributed by atoms with E-state index in [1.54, 1.807) is 0 Å². The number of phenols is 1. The highest BCUT2D eigenvalue weighted by atomic mass is 16.3. The van der Waals surface area contributed by atoms with E-state index in [1.165, 1.54) is 80.9 Å². The number of aliphatic hydroxyl groups excluding tert-OH is 1. The Labute approximate surface area is 220 Å². The lowest BCUT2D eigenvalue weighted by molar-refractivity contribution is -0.225. The Balaban J connectivity index is 1.38. The topological polar surface area (TPSA) is 40.5 Å². The minimum atomic E-state index is 0.123. The number of aryl methyl sites for hydroxylation is 1. The smallest absolute Gasteiger partial charge is 0.115 e. The van der Waals surface area contributed by atoms with Crippen molar-refractivity contribution in [3.8, 4) is 5.75 Å². The summed E-state index contributed by atoms with van der Waals surface area (Å²) in [5, 5.41) is 20.5. The van der Waals surface area contributed by atoms with Gasteiger partial charge < -0.3 is 10.2 Å². The molecule has 2 nitrogen and oxygen atoms in total. The Morgan fingerprint density at radius 1 is 0.833 bits per heavy atom. The van der Waals surface area contributed by atoms with E-state index in [9.17, 15) is 10.2 Å². The number of aliphatic hydroxyl groups is 1. The van der Waals surface area contributed by atoms with E-state index in [-0.39, 0.29) is 10.8 Å². The number of hydrogen-bond donors (Lipinski definition) is 2. The van der Waals surface area contributed by atoms with Gasteiger partial charge in [-0.2, -0.15) is 0 Å². The first-order chi connectivity index (χ1) is 16.9. The van der Waals surface area contributed by atoms with Crippen molar-refractivity contribution < 1.29 is 10.2 Å². The fourth-order valence-corrected chi connectivity index (χ4v) is 12.0. The maximum Gasteiger partial charge on any atom is 0.115 e. The molecule has 0 spiro atoms. The third kappa shape index (κ3) is 3.00. The number of phenolic OH excluding ortho intramolecular Hbond substituents is 1. The van der Waals surface area contributed by atoms with Crippen molar-refractivity contribution in [1.82, 2.24) is 0 Å². The van der Waals surface area contributed by atoms with Crippen LogP contribution in [-0.2, 0) is 0 Å². The summed E-state index contributed by atoms with van der Waals surface area (Å²) in [5.41, 5.74) is 5.51. The maximum absolute atomic E-state index is 10.5. The van der Waals surface area contributed by atoms with Crippen molar-refractivity contribution in [2.75, 3.05) is 6.61 Å². The van der Waals surface area contributed by atoms with E-state index in [1.807, 2.05) is 12.1 Å². The predicted octanol–water partition coefficient (Wildman–Crippen LogP) is 8.54. The number of benzene rings is 1. The van der Waals surface area contributed by atoms with Gasteiger partial charge in [-0.3, -0.25) is 0 Å². The normalized spacial score (nSPS) is 47.2. The molecular weight excluding hydrogens is 440 g/mol. The van der Waals surface area contributed by atoms with E-state index < -0.39 is 0 Å². The summed E-state index contributed by atoms with van der Waals surface area (Å²) in [5.74, 6) is 3.36. The summed E-state index contributed by atoms with van der Waals surface area (Å²) in [6.07, 6.45) is 15.7. The quantitative estimate of drug-likeness (QED) is 0.436. The zero-order valence-corrected chi connectivity index (χ0v) is 23.8. The fourth-order valence-electron chi connectivity index (χ4n) is 12.0. The van der Waals surface area contributed by atoms with E-state index in [2.05, 4.69) is 53.7 Å². The zero-order valence-electron chi connectivity index (χ0n) is 23.8. The Morgan fingerprint density at radius 3 is 2.33 bits per heavy atom. The Morgan fingerprint density at radius 2 is 1.61 bits per heavy atom. The molecule has 0 aliphatic heterocycles. The summed E-state index contributed by atoms with van der Waals surface area (Å²) >= 11 is 0. The highest BCUT2D eigenvalue weighted by Crippen LogP contribution is 2.77. The van der Waals surface area contributed by atoms with Crippen LogP contribution in [0.1, 0.15) is 110 Å². The predicted molar refractivity (Wildman–Crippen MR) is 149 cm³/mol. The maximum atomic E-state index is 10.5. The molecule has 0 radical (unpaired) electrons. The lowest BCUT2D eigenvalue weighted by Crippen LogP contribution is -2.65. The molecule has 4 fully saturated rings. The average molecular weight is 491 g/mol. The molecule has 6 rings (SSSR count). The number of allylic oxidation sites excluding steroid dienone is 2. The van der Waals surface area contributed by atoms with Crippen LogP contribution in [0.5, 0.6) is 5.75 Å². The summed E-state index contributed by atoms with van der Waals surface area (Å²) < 4.78 is 0. The van der Waals surface area contributed by atoms with Gasteiger partial charge in [0.05, 0.1) is 0 Å². The van der Waals surface area contributed by atoms with Crippen molar-refractivity contribution in [3.05, 3.63) is 35.4 Å². The lowest BCUT2D eigenvalue weighted by Gasteiger charge is -2.72. The second kappa shape index (κ2) is 7.87. The zero-order chi connectivity index (χ0) is 25.7. The molecular formula is C34H50O2. The van der Waals surface area contributed by atoms with Gasteiger partial charge in [0, 0.05) is 6.61 Å². The molecule has 0 aromatic heterocycles. The summed E-state index contributed by atoms with van der Waals surface area (Å²) in [6, 6.07) is 5.95. The van der Waals surface area contributed by atoms with Crippen LogP contribution in [0, 0.1) is 57.7 Å². The van der Waals surface area contributed by atoms with Crippen molar-refractivity contribution in [3.63, 3.8) is 0 Å². The molecule has 5 aliphatic carbocycles. The summed E-state index contributed by atoms with van der Waals surface area (Å²) in [6.45, 7) is 15.7. The van der Waals surface area contributed by atoms with Crippen molar-refractivity contribution in [1.29, 1.82) is 0 Å². The van der Waals surface area contributed by atoms with Crippen LogP contribution < -0.4 is 0 Å². The number of hydrogen-bond acceptors (Lipinski definition) is 2. The molecule has 0 saturated heterocycles. The monoisotopic (exact) mass is 490 g/mol. The van der Waals surface area contributed by atoms with Crippen LogP contribution in [-0.4, -0.2) is 16.8 Å². The highest BCUT2D eigenvalue weighted by molar-refractivity contribution is 5.74. The fraction of sp³-hybridized carbons (Fsp3) is 0.765. The molecule has 8 atom stereocenters. The van der Waals surface area contributed by atoms with Gasteiger partial charge in [-0.05, 0) is 144 Å². The van der Waals surface area contributed by atoms with Gasteiger partial charge in [-0.15, -0.1) is 0 Å². The van der Waals surface area contributed by atoms with Crippen LogP contribution in [0.15, 0.2) is 24.3 Å². The van der Waals surface area contributed by atoms with Crippen LogP contribution in [0.4, 0.5) is 0 Å². The van der Waals surface area contributed by atoms with Crippen LogP contribution >= 0.6 is 0 Å². The molecule has 198 valence electrons. The molecule has 5 aliphatic rings. The molecule has 2 N–H and O–H groups in total. The first kappa shape index (κ1) is 25.0. The lowest BCUT2D eigenvalue weighted by atomic mass is 9.32. The summed E-state index contributed by atoms with van der Waals surface area (Å²) in [7, 11) is 0. The van der Waals surface area contributed by atoms with E-state index in [0.29, 0.717) is 34.5 Å². The second-order valence-corrected chi connectivity index (χ2v) is 15.2. The molecule has 36 heavy (non-hydrogen) atoms. The van der Waals surface area contributed by atoms with Gasteiger partial charge in [0.15, 0.2) is 0 Å². The van der Waals surface area contributed by atoms with Gasteiger partial charge in [0.2, 0.25) is 0 Å². The number of fused-ring (bicyclic) bond motifs is 7. The highest BCUT2D eigenvalue weighted by Gasteiger charge is 2.69. The van der Waals surface area contributed by atoms with Crippen LogP contribution in [0.25, 0.3) is 5.57 Å². The first-order valence-electron chi connectivity index (χ1n) is 15.0. The molecule has 0 bridgehead atoms. The molecule has 4 saturated carbocycles. The number of aromatic hydroxyl groups is 1. The van der Waals surface area contributed by atoms with Gasteiger partial charge in [0.25, 0.3) is 0 Å². The summed E-state index contributed by atoms with van der Waals surface area (Å²) in [4.78, 5) is 0. The SMILES string of the molecule is Cc1cc(O)ccc1C1=CCC2(C)C(CCC3(C)C2CCC2C4CCCC4(CO)CC[C@]23C)C1(C)C. The molecule has 7 unspecified atom stereocenters. The minimum Gasteiger partial charge on any atom is -0.508 e. The first-order valence-corrected chi connectivity index (χ1v) is 15.0. The molecule has 2 heteroatoms. The van der Waals surface area contributed by atoms with Crippen molar-refractivity contribution in [2.45, 2.75) is 106 Å². The molecule has 1 aromatic rings. The van der Waals surface area contributed by atoms with Gasteiger partial charge in [-0.25, -0.2) is 0 Å². The van der Waals surface area contributed by atoms with Gasteiger partial charge in [0.1, 0.15) is 5.75 Å². The standard InChI is InChI=1S/C34H50O2/c1-22-20-23(36)9-10-24(22)25-13-16-31(4)28(30(25,2)3)14-17-33(6)29(31)12-11-26-27-8-7-15-34(27,21-35)19-18-32(26,33)5/h9-10,13,20,26-29,35-36H,7-8,11-12,14-19,21H2,1-6H3/t26?,27?,28?,29?,31?,32-,33?,34?/m1/s1. The van der Waals surface area contributed by atoms with Gasteiger partial charge in [-0.1, -0.05) is 53.2 Å². The van der Waals surface area contributed by atoms with E-state index in [0.717, 1.165) is 17.8 Å². The molecule has 0 heterocycles. The van der Waals surface area contributed by atoms with E-state index >= 15 is 0 Å².